The number of primary amides is 1. The Bertz CT molecular complexity index is 1030. The Kier molecular flexibility index (Phi) is 6.89. The Morgan fingerprint density at radius 1 is 1.31 bits per heavy atom. The monoisotopic (exact) mass is 448 g/mol. The van der Waals surface area contributed by atoms with Gasteiger partial charge in [-0.05, 0) is 36.2 Å². The zero-order valence-corrected chi connectivity index (χ0v) is 16.9. The predicted octanol–water partition coefficient (Wildman–Crippen LogP) is 2.11. The van der Waals surface area contributed by atoms with Gasteiger partial charge in [0.05, 0.1) is 24.6 Å². The molecule has 0 saturated carbocycles. The van der Waals surface area contributed by atoms with Crippen LogP contribution in [0.15, 0.2) is 36.4 Å². The van der Waals surface area contributed by atoms with Gasteiger partial charge in [-0.1, -0.05) is 24.3 Å². The molecule has 0 saturated heterocycles. The van der Waals surface area contributed by atoms with Gasteiger partial charge in [0, 0.05) is 0 Å². The number of alkyl halides is 2. The topological polar surface area (TPSA) is 131 Å². The van der Waals surface area contributed by atoms with Crippen LogP contribution in [-0.4, -0.2) is 41.0 Å². The smallest absolute Gasteiger partial charge is 0.387 e. The average Bonchev–Trinajstić information content (AvgIpc) is 3.05. The highest BCUT2D eigenvalue weighted by Gasteiger charge is 2.44. The van der Waals surface area contributed by atoms with Crippen molar-refractivity contribution in [1.29, 1.82) is 0 Å². The Hall–Kier alpha value is -3.73. The summed E-state index contributed by atoms with van der Waals surface area (Å²) < 4.78 is 35.3. The van der Waals surface area contributed by atoms with Gasteiger partial charge >= 0.3 is 6.61 Å². The zero-order valence-electron chi connectivity index (χ0n) is 16.9. The van der Waals surface area contributed by atoms with Crippen molar-refractivity contribution in [2.24, 2.45) is 5.73 Å². The predicted molar refractivity (Wildman–Crippen MR) is 105 cm³/mol. The molecule has 2 aromatic rings. The van der Waals surface area contributed by atoms with Crippen LogP contribution in [0.1, 0.15) is 46.9 Å². The molecule has 0 bridgehead atoms. The third-order valence-corrected chi connectivity index (χ3v) is 4.89. The summed E-state index contributed by atoms with van der Waals surface area (Å²) in [4.78, 5) is 38.6. The van der Waals surface area contributed by atoms with E-state index in [1.807, 2.05) is 0 Å². The zero-order chi connectivity index (χ0) is 23.4. The van der Waals surface area contributed by atoms with E-state index < -0.39 is 42.8 Å². The molecule has 1 aliphatic rings. The van der Waals surface area contributed by atoms with Gasteiger partial charge in [0.2, 0.25) is 11.8 Å². The maximum atomic E-state index is 13.2. The Morgan fingerprint density at radius 3 is 2.69 bits per heavy atom. The van der Waals surface area contributed by atoms with Crippen molar-refractivity contribution in [3.8, 4) is 11.5 Å². The second-order valence-electron chi connectivity index (χ2n) is 6.79. The van der Waals surface area contributed by atoms with Crippen molar-refractivity contribution >= 4 is 17.7 Å². The maximum Gasteiger partial charge on any atom is 0.387 e. The second-order valence-corrected chi connectivity index (χ2v) is 6.79. The van der Waals surface area contributed by atoms with Crippen LogP contribution in [0.25, 0.3) is 0 Å². The molecule has 32 heavy (non-hydrogen) atoms. The molecule has 3 amide bonds. The first-order valence-electron chi connectivity index (χ1n) is 9.55. The number of nitrogens with one attached hydrogen (secondary N) is 1. The van der Waals surface area contributed by atoms with E-state index in [0.29, 0.717) is 5.56 Å². The van der Waals surface area contributed by atoms with Crippen LogP contribution >= 0.6 is 0 Å². The summed E-state index contributed by atoms with van der Waals surface area (Å²) in [7, 11) is 0. The third kappa shape index (κ3) is 4.47. The van der Waals surface area contributed by atoms with Gasteiger partial charge in [0.1, 0.15) is 6.04 Å². The molecule has 2 aromatic carbocycles. The maximum absolute atomic E-state index is 13.2. The SMILES string of the molecule is CCOc1cc(C(CC(=O)NO)N2C(=O)c3[c]cccc3C2C(N)=O)ccc1OC(F)F. The highest BCUT2D eigenvalue weighted by atomic mass is 19.3. The third-order valence-electron chi connectivity index (χ3n) is 4.89. The molecule has 0 aliphatic carbocycles. The minimum absolute atomic E-state index is 0.0499. The number of nitrogens with two attached hydrogens (primary N) is 1. The van der Waals surface area contributed by atoms with Crippen molar-refractivity contribution in [2.75, 3.05) is 6.61 Å². The lowest BCUT2D eigenvalue weighted by molar-refractivity contribution is -0.131. The number of hydrogen-bond acceptors (Lipinski definition) is 6. The molecule has 4 N–H and O–H groups in total. The normalized spacial score (nSPS) is 16.0. The Labute approximate surface area is 181 Å². The molecule has 1 radical (unpaired) electrons. The average molecular weight is 448 g/mol. The number of halogens is 2. The molecule has 169 valence electrons. The highest BCUT2D eigenvalue weighted by molar-refractivity contribution is 6.04. The minimum atomic E-state index is -3.10. The van der Waals surface area contributed by atoms with Gasteiger partial charge in [-0.3, -0.25) is 19.6 Å². The molecule has 9 nitrogen and oxygen atoms in total. The molecular weight excluding hydrogens is 428 g/mol. The fraction of sp³-hybridized carbons (Fsp3) is 0.286. The van der Waals surface area contributed by atoms with Crippen LogP contribution in [-0.2, 0) is 9.59 Å². The number of benzene rings is 2. The molecule has 11 heteroatoms. The summed E-state index contributed by atoms with van der Waals surface area (Å²) in [6, 6.07) is 8.98. The first-order valence-corrected chi connectivity index (χ1v) is 9.55. The van der Waals surface area contributed by atoms with Gasteiger partial charge < -0.3 is 20.1 Å². The molecule has 3 rings (SSSR count). The quantitative estimate of drug-likeness (QED) is 0.398. The van der Waals surface area contributed by atoms with E-state index >= 15 is 0 Å². The number of hydroxylamine groups is 1. The Balaban J connectivity index is 2.11. The van der Waals surface area contributed by atoms with Crippen molar-refractivity contribution < 1.29 is 37.8 Å². The molecule has 2 atom stereocenters. The highest BCUT2D eigenvalue weighted by Crippen LogP contribution is 2.42. The van der Waals surface area contributed by atoms with E-state index in [0.717, 1.165) is 4.90 Å². The lowest BCUT2D eigenvalue weighted by Gasteiger charge is -2.32. The summed E-state index contributed by atoms with van der Waals surface area (Å²) in [5, 5.41) is 9.04. The van der Waals surface area contributed by atoms with E-state index in [1.54, 1.807) is 19.1 Å². The molecule has 0 aromatic heterocycles. The Morgan fingerprint density at radius 2 is 2.06 bits per heavy atom. The van der Waals surface area contributed by atoms with Crippen LogP contribution in [0.3, 0.4) is 0 Å². The van der Waals surface area contributed by atoms with E-state index in [9.17, 15) is 23.2 Å². The minimum Gasteiger partial charge on any atom is -0.490 e. The number of amides is 3. The first-order chi connectivity index (χ1) is 15.3. The van der Waals surface area contributed by atoms with E-state index in [-0.39, 0.29) is 29.2 Å². The van der Waals surface area contributed by atoms with Gasteiger partial charge in [-0.2, -0.15) is 8.78 Å². The summed E-state index contributed by atoms with van der Waals surface area (Å²) in [6.45, 7) is -1.34. The van der Waals surface area contributed by atoms with Crippen LogP contribution in [0, 0.1) is 6.07 Å². The van der Waals surface area contributed by atoms with Crippen molar-refractivity contribution in [3.63, 3.8) is 0 Å². The van der Waals surface area contributed by atoms with Crippen LogP contribution in [0.5, 0.6) is 11.5 Å². The standard InChI is InChI=1S/C21H20F2N3O6/c1-2-31-16-9-11(7-8-15(16)32-21(22)23)14(10-17(27)25-30)26-18(19(24)28)12-5-3-4-6-13(12)20(26)29/h3-5,7-9,14,18,21,30H,2,10H2,1H3,(H2,24,28)(H,25,27). The number of rotatable bonds is 9. The summed E-state index contributed by atoms with van der Waals surface area (Å²) in [6.07, 6.45) is -0.458. The molecule has 0 fully saturated rings. The van der Waals surface area contributed by atoms with Crippen molar-refractivity contribution in [1.82, 2.24) is 10.4 Å². The molecule has 1 aliphatic heterocycles. The number of carbonyl (C=O) groups excluding carboxylic acids is 3. The van der Waals surface area contributed by atoms with E-state index in [1.165, 1.54) is 29.7 Å². The summed E-state index contributed by atoms with van der Waals surface area (Å²) >= 11 is 0. The second kappa shape index (κ2) is 9.60. The van der Waals surface area contributed by atoms with Gasteiger partial charge in [-0.25, -0.2) is 5.48 Å². The van der Waals surface area contributed by atoms with Gasteiger partial charge in [0.15, 0.2) is 11.5 Å². The molecular formula is C21H20F2N3O6. The number of nitrogens with zero attached hydrogens (tertiary/aromatic N) is 1. The number of carbonyl (C=O) groups is 3. The fourth-order valence-corrected chi connectivity index (χ4v) is 3.66. The first kappa shape index (κ1) is 22.9. The van der Waals surface area contributed by atoms with Crippen LogP contribution in [0.4, 0.5) is 8.78 Å². The molecule has 0 spiro atoms. The molecule has 1 heterocycles. The largest absolute Gasteiger partial charge is 0.490 e. The van der Waals surface area contributed by atoms with E-state index in [2.05, 4.69) is 10.8 Å². The van der Waals surface area contributed by atoms with Crippen molar-refractivity contribution in [3.05, 3.63) is 59.2 Å². The molecule has 2 unspecified atom stereocenters. The summed E-state index contributed by atoms with van der Waals surface area (Å²) in [5.74, 6) is -2.59. The number of ether oxygens (including phenoxy) is 2. The van der Waals surface area contributed by atoms with E-state index in [4.69, 9.17) is 15.7 Å². The van der Waals surface area contributed by atoms with Crippen LogP contribution in [0.2, 0.25) is 0 Å². The van der Waals surface area contributed by atoms with Crippen molar-refractivity contribution in [2.45, 2.75) is 32.0 Å². The van der Waals surface area contributed by atoms with Crippen LogP contribution < -0.4 is 20.7 Å². The fourth-order valence-electron chi connectivity index (χ4n) is 3.66. The lowest BCUT2D eigenvalue weighted by atomic mass is 9.98. The number of fused-ring (bicyclic) bond motifs is 1. The lowest BCUT2D eigenvalue weighted by Crippen LogP contribution is -2.40. The van der Waals surface area contributed by atoms with Gasteiger partial charge in [-0.15, -0.1) is 0 Å². The number of hydrogen-bond donors (Lipinski definition) is 3. The summed E-state index contributed by atoms with van der Waals surface area (Å²) in [5.41, 5.74) is 7.78. The van der Waals surface area contributed by atoms with Gasteiger partial charge in [0.25, 0.3) is 5.91 Å².